The molecule has 18 heavy (non-hydrogen) atoms. The maximum absolute atomic E-state index is 11.5. The van der Waals surface area contributed by atoms with E-state index in [0.717, 1.165) is 5.03 Å². The summed E-state index contributed by atoms with van der Waals surface area (Å²) in [6, 6.07) is 5.71. The zero-order valence-electron chi connectivity index (χ0n) is 10.8. The zero-order chi connectivity index (χ0) is 13.4. The normalized spacial score (nSPS) is 12.4. The Balaban J connectivity index is 2.14. The van der Waals surface area contributed by atoms with Crippen LogP contribution < -0.4 is 5.32 Å². The van der Waals surface area contributed by atoms with E-state index < -0.39 is 6.10 Å². The molecule has 0 radical (unpaired) electrons. The Morgan fingerprint density at radius 3 is 2.89 bits per heavy atom. The molecule has 0 aliphatic carbocycles. The van der Waals surface area contributed by atoms with Crippen molar-refractivity contribution in [1.29, 1.82) is 0 Å². The summed E-state index contributed by atoms with van der Waals surface area (Å²) < 4.78 is 0. The molecule has 5 heteroatoms. The summed E-state index contributed by atoms with van der Waals surface area (Å²) in [6.07, 6.45) is 1.70. The Bertz CT molecular complexity index is 357. The molecule has 1 atom stereocenters. The third-order valence-electron chi connectivity index (χ3n) is 2.49. The predicted octanol–water partition coefficient (Wildman–Crippen LogP) is 1.70. The van der Waals surface area contributed by atoms with Gasteiger partial charge in [0, 0.05) is 24.9 Å². The van der Waals surface area contributed by atoms with Crippen LogP contribution in [-0.2, 0) is 4.79 Å². The maximum atomic E-state index is 11.5. The Morgan fingerprint density at radius 2 is 2.28 bits per heavy atom. The van der Waals surface area contributed by atoms with E-state index in [2.05, 4.69) is 10.3 Å². The van der Waals surface area contributed by atoms with Gasteiger partial charge in [0.2, 0.25) is 5.91 Å². The summed E-state index contributed by atoms with van der Waals surface area (Å²) in [6.45, 7) is 4.17. The van der Waals surface area contributed by atoms with E-state index in [-0.39, 0.29) is 11.8 Å². The average Bonchev–Trinajstić information content (AvgIpc) is 2.37. The Labute approximate surface area is 112 Å². The number of aromatic nitrogens is 1. The summed E-state index contributed by atoms with van der Waals surface area (Å²) in [4.78, 5) is 15.7. The van der Waals surface area contributed by atoms with Crippen molar-refractivity contribution < 1.29 is 9.90 Å². The standard InChI is InChI=1S/C13H20N2O2S/c1-10(2)11(16)9-15-12(17)6-8-18-13-5-3-4-7-14-13/h3-5,7,10-11,16H,6,8-9H2,1-2H3,(H,15,17). The van der Waals surface area contributed by atoms with Gasteiger partial charge in [-0.05, 0) is 18.1 Å². The largest absolute Gasteiger partial charge is 0.391 e. The number of carbonyl (C=O) groups is 1. The lowest BCUT2D eigenvalue weighted by molar-refractivity contribution is -0.121. The van der Waals surface area contributed by atoms with Crippen LogP contribution in [0.3, 0.4) is 0 Å². The van der Waals surface area contributed by atoms with Crippen molar-refractivity contribution in [2.45, 2.75) is 31.4 Å². The average molecular weight is 268 g/mol. The fourth-order valence-corrected chi connectivity index (χ4v) is 2.03. The predicted molar refractivity (Wildman–Crippen MR) is 73.4 cm³/mol. The van der Waals surface area contributed by atoms with E-state index in [1.165, 1.54) is 0 Å². The summed E-state index contributed by atoms with van der Waals surface area (Å²) >= 11 is 1.55. The number of nitrogens with one attached hydrogen (secondary N) is 1. The van der Waals surface area contributed by atoms with Crippen LogP contribution in [0.5, 0.6) is 0 Å². The Hall–Kier alpha value is -1.07. The molecule has 1 heterocycles. The van der Waals surface area contributed by atoms with Crippen LogP contribution in [0.4, 0.5) is 0 Å². The van der Waals surface area contributed by atoms with E-state index in [4.69, 9.17) is 0 Å². The van der Waals surface area contributed by atoms with E-state index in [0.29, 0.717) is 18.7 Å². The van der Waals surface area contributed by atoms with E-state index in [9.17, 15) is 9.90 Å². The first kappa shape index (κ1) is 15.0. The van der Waals surface area contributed by atoms with E-state index in [1.807, 2.05) is 32.0 Å². The molecule has 1 aromatic heterocycles. The van der Waals surface area contributed by atoms with Crippen molar-refractivity contribution in [2.75, 3.05) is 12.3 Å². The molecule has 0 spiro atoms. The summed E-state index contributed by atoms with van der Waals surface area (Å²) in [5.41, 5.74) is 0. The molecule has 1 aromatic rings. The Kier molecular flexibility index (Phi) is 6.75. The zero-order valence-corrected chi connectivity index (χ0v) is 11.6. The minimum atomic E-state index is -0.475. The molecule has 1 amide bonds. The van der Waals surface area contributed by atoms with Gasteiger partial charge in [-0.3, -0.25) is 4.79 Å². The molecular weight excluding hydrogens is 248 g/mol. The van der Waals surface area contributed by atoms with Gasteiger partial charge in [-0.25, -0.2) is 4.98 Å². The van der Waals surface area contributed by atoms with Crippen molar-refractivity contribution in [3.8, 4) is 0 Å². The molecule has 0 aromatic carbocycles. The Morgan fingerprint density at radius 1 is 1.50 bits per heavy atom. The topological polar surface area (TPSA) is 62.2 Å². The number of carbonyl (C=O) groups excluding carboxylic acids is 1. The second-order valence-corrected chi connectivity index (χ2v) is 5.50. The van der Waals surface area contributed by atoms with Crippen molar-refractivity contribution in [3.63, 3.8) is 0 Å². The van der Waals surface area contributed by atoms with Gasteiger partial charge in [0.25, 0.3) is 0 Å². The monoisotopic (exact) mass is 268 g/mol. The van der Waals surface area contributed by atoms with Gasteiger partial charge in [-0.2, -0.15) is 0 Å². The highest BCUT2D eigenvalue weighted by molar-refractivity contribution is 7.99. The van der Waals surface area contributed by atoms with Crippen molar-refractivity contribution in [2.24, 2.45) is 5.92 Å². The van der Waals surface area contributed by atoms with E-state index in [1.54, 1.807) is 18.0 Å². The van der Waals surface area contributed by atoms with E-state index >= 15 is 0 Å². The van der Waals surface area contributed by atoms with Crippen LogP contribution in [0.1, 0.15) is 20.3 Å². The smallest absolute Gasteiger partial charge is 0.220 e. The fourth-order valence-electron chi connectivity index (χ4n) is 1.22. The molecule has 0 saturated heterocycles. The van der Waals surface area contributed by atoms with Gasteiger partial charge >= 0.3 is 0 Å². The minimum Gasteiger partial charge on any atom is -0.391 e. The molecule has 0 fully saturated rings. The highest BCUT2D eigenvalue weighted by Gasteiger charge is 2.10. The number of thioether (sulfide) groups is 1. The minimum absolute atomic E-state index is 0.0295. The second kappa shape index (κ2) is 8.11. The number of nitrogens with zero attached hydrogens (tertiary/aromatic N) is 1. The molecule has 0 aliphatic heterocycles. The molecule has 0 bridgehead atoms. The molecule has 0 aliphatic rings. The summed E-state index contributed by atoms with van der Waals surface area (Å²) in [5.74, 6) is 0.826. The van der Waals surface area contributed by atoms with Crippen LogP contribution in [0, 0.1) is 5.92 Å². The third-order valence-corrected chi connectivity index (χ3v) is 3.44. The van der Waals surface area contributed by atoms with Crippen LogP contribution >= 0.6 is 11.8 Å². The lowest BCUT2D eigenvalue weighted by Gasteiger charge is -2.14. The first-order valence-electron chi connectivity index (χ1n) is 6.08. The number of aliphatic hydroxyl groups excluding tert-OH is 1. The molecule has 1 rings (SSSR count). The molecular formula is C13H20N2O2S. The first-order chi connectivity index (χ1) is 8.59. The fraction of sp³-hybridized carbons (Fsp3) is 0.538. The van der Waals surface area contributed by atoms with Gasteiger partial charge in [-0.15, -0.1) is 11.8 Å². The number of aliphatic hydroxyl groups is 1. The highest BCUT2D eigenvalue weighted by atomic mass is 32.2. The van der Waals surface area contributed by atoms with Gasteiger partial charge in [0.1, 0.15) is 0 Å². The number of amides is 1. The van der Waals surface area contributed by atoms with Gasteiger partial charge < -0.3 is 10.4 Å². The van der Waals surface area contributed by atoms with Crippen LogP contribution in [0.25, 0.3) is 0 Å². The molecule has 0 saturated carbocycles. The highest BCUT2D eigenvalue weighted by Crippen LogP contribution is 2.14. The van der Waals surface area contributed by atoms with Crippen LogP contribution in [-0.4, -0.2) is 34.4 Å². The lowest BCUT2D eigenvalue weighted by atomic mass is 10.1. The molecule has 4 nitrogen and oxygen atoms in total. The van der Waals surface area contributed by atoms with Crippen molar-refractivity contribution in [1.82, 2.24) is 10.3 Å². The van der Waals surface area contributed by atoms with Gasteiger partial charge in [0.15, 0.2) is 0 Å². The van der Waals surface area contributed by atoms with Crippen molar-refractivity contribution >= 4 is 17.7 Å². The number of rotatable bonds is 7. The summed E-state index contributed by atoms with van der Waals surface area (Å²) in [7, 11) is 0. The van der Waals surface area contributed by atoms with Crippen molar-refractivity contribution in [3.05, 3.63) is 24.4 Å². The SMILES string of the molecule is CC(C)C(O)CNC(=O)CCSc1ccccn1. The quantitative estimate of drug-likeness (QED) is 0.739. The number of hydrogen-bond acceptors (Lipinski definition) is 4. The molecule has 1 unspecified atom stereocenters. The lowest BCUT2D eigenvalue weighted by Crippen LogP contribution is -2.34. The summed E-state index contributed by atoms with van der Waals surface area (Å²) in [5, 5.41) is 13.2. The van der Waals surface area contributed by atoms with Gasteiger partial charge in [-0.1, -0.05) is 19.9 Å². The molecule has 2 N–H and O–H groups in total. The molecule has 100 valence electrons. The third kappa shape index (κ3) is 6.02. The number of pyridine rings is 1. The first-order valence-corrected chi connectivity index (χ1v) is 7.06. The van der Waals surface area contributed by atoms with Gasteiger partial charge in [0.05, 0.1) is 11.1 Å². The maximum Gasteiger partial charge on any atom is 0.220 e. The van der Waals surface area contributed by atoms with Crippen LogP contribution in [0.2, 0.25) is 0 Å². The number of hydrogen-bond donors (Lipinski definition) is 2. The second-order valence-electron chi connectivity index (χ2n) is 4.38. The van der Waals surface area contributed by atoms with Crippen LogP contribution in [0.15, 0.2) is 29.4 Å².